The van der Waals surface area contributed by atoms with Crippen LogP contribution in [0.15, 0.2) is 43.1 Å². The standard InChI is InChI=1S/C19H24N4O2/c1-5-20-6-2-17(1)13-23-14-19(15-23)11-16(4-10-25-19)3-9-24-18-12-21-7-8-22-18/h1-2,5-8,12,16H,3-4,9-11,13-15H2. The molecule has 0 bridgehead atoms. The lowest BCUT2D eigenvalue weighted by molar-refractivity contribution is -0.182. The molecule has 1 atom stereocenters. The van der Waals surface area contributed by atoms with Gasteiger partial charge in [-0.2, -0.15) is 0 Å². The molecule has 2 aromatic heterocycles. The predicted molar refractivity (Wildman–Crippen MR) is 93.1 cm³/mol. The SMILES string of the molecule is c1cc(CN2CC3(CC(CCOc4cnccn4)CCO3)C2)ccn1. The van der Waals surface area contributed by atoms with Gasteiger partial charge in [0.15, 0.2) is 0 Å². The van der Waals surface area contributed by atoms with Crippen LogP contribution in [0, 0.1) is 5.92 Å². The minimum Gasteiger partial charge on any atom is -0.477 e. The average molecular weight is 340 g/mol. The van der Waals surface area contributed by atoms with Crippen LogP contribution in [0.3, 0.4) is 0 Å². The Morgan fingerprint density at radius 2 is 2.04 bits per heavy atom. The minimum absolute atomic E-state index is 0.0580. The monoisotopic (exact) mass is 340 g/mol. The van der Waals surface area contributed by atoms with E-state index in [1.165, 1.54) is 5.56 Å². The van der Waals surface area contributed by atoms with Gasteiger partial charge in [0.05, 0.1) is 18.4 Å². The van der Waals surface area contributed by atoms with Crippen molar-refractivity contribution in [3.05, 3.63) is 48.7 Å². The Bertz CT molecular complexity index is 662. The van der Waals surface area contributed by atoms with Crippen molar-refractivity contribution in [1.82, 2.24) is 19.9 Å². The molecule has 4 heterocycles. The summed E-state index contributed by atoms with van der Waals surface area (Å²) in [6.07, 6.45) is 12.0. The van der Waals surface area contributed by atoms with E-state index in [9.17, 15) is 0 Å². The van der Waals surface area contributed by atoms with Crippen molar-refractivity contribution in [2.45, 2.75) is 31.4 Å². The van der Waals surface area contributed by atoms with Crippen molar-refractivity contribution < 1.29 is 9.47 Å². The highest BCUT2D eigenvalue weighted by Crippen LogP contribution is 2.38. The lowest BCUT2D eigenvalue weighted by Crippen LogP contribution is -2.64. The van der Waals surface area contributed by atoms with Crippen molar-refractivity contribution in [1.29, 1.82) is 0 Å². The van der Waals surface area contributed by atoms with Gasteiger partial charge in [-0.15, -0.1) is 0 Å². The Balaban J connectivity index is 1.22. The van der Waals surface area contributed by atoms with Gasteiger partial charge in [-0.05, 0) is 42.9 Å². The summed E-state index contributed by atoms with van der Waals surface area (Å²) >= 11 is 0. The van der Waals surface area contributed by atoms with Crippen LogP contribution >= 0.6 is 0 Å². The van der Waals surface area contributed by atoms with Gasteiger partial charge in [0.2, 0.25) is 5.88 Å². The number of ether oxygens (including phenoxy) is 2. The molecule has 2 aliphatic heterocycles. The average Bonchev–Trinajstić information content (AvgIpc) is 2.63. The third-order valence-corrected chi connectivity index (χ3v) is 5.09. The number of aromatic nitrogens is 3. The highest BCUT2D eigenvalue weighted by molar-refractivity contribution is 5.12. The summed E-state index contributed by atoms with van der Waals surface area (Å²) in [5.41, 5.74) is 1.37. The van der Waals surface area contributed by atoms with Gasteiger partial charge < -0.3 is 9.47 Å². The second kappa shape index (κ2) is 7.45. The molecular weight excluding hydrogens is 316 g/mol. The van der Waals surface area contributed by atoms with Gasteiger partial charge in [0.25, 0.3) is 0 Å². The number of likely N-dealkylation sites (tertiary alicyclic amines) is 1. The molecule has 4 rings (SSSR count). The van der Waals surface area contributed by atoms with E-state index in [1.54, 1.807) is 18.6 Å². The Kier molecular flexibility index (Phi) is 4.90. The summed E-state index contributed by atoms with van der Waals surface area (Å²) in [6, 6.07) is 4.17. The normalized spacial score (nSPS) is 22.5. The predicted octanol–water partition coefficient (Wildman–Crippen LogP) is 2.32. The molecule has 1 spiro atoms. The van der Waals surface area contributed by atoms with Crippen molar-refractivity contribution in [2.75, 3.05) is 26.3 Å². The molecule has 2 aromatic rings. The van der Waals surface area contributed by atoms with E-state index < -0.39 is 0 Å². The summed E-state index contributed by atoms with van der Waals surface area (Å²) in [5.74, 6) is 1.27. The fraction of sp³-hybridized carbons (Fsp3) is 0.526. The second-order valence-electron chi connectivity index (χ2n) is 7.07. The molecule has 0 amide bonds. The number of nitrogens with zero attached hydrogens (tertiary/aromatic N) is 4. The van der Waals surface area contributed by atoms with E-state index in [-0.39, 0.29) is 5.60 Å². The van der Waals surface area contributed by atoms with E-state index in [1.807, 2.05) is 12.4 Å². The van der Waals surface area contributed by atoms with Gasteiger partial charge in [0.1, 0.15) is 0 Å². The molecule has 6 nitrogen and oxygen atoms in total. The Morgan fingerprint density at radius 3 is 2.84 bits per heavy atom. The second-order valence-corrected chi connectivity index (χ2v) is 7.07. The molecule has 0 N–H and O–H groups in total. The highest BCUT2D eigenvalue weighted by Gasteiger charge is 2.47. The number of rotatable bonds is 6. The smallest absolute Gasteiger partial charge is 0.232 e. The van der Waals surface area contributed by atoms with Gasteiger partial charge in [-0.25, -0.2) is 4.98 Å². The zero-order valence-electron chi connectivity index (χ0n) is 14.4. The minimum atomic E-state index is 0.0580. The molecule has 6 heteroatoms. The number of pyridine rings is 1. The zero-order valence-corrected chi connectivity index (χ0v) is 14.4. The molecule has 2 aliphatic rings. The summed E-state index contributed by atoms with van der Waals surface area (Å²) in [4.78, 5) is 14.7. The maximum atomic E-state index is 6.15. The van der Waals surface area contributed by atoms with Gasteiger partial charge in [-0.3, -0.25) is 14.9 Å². The van der Waals surface area contributed by atoms with Crippen LogP contribution in [0.4, 0.5) is 0 Å². The molecule has 25 heavy (non-hydrogen) atoms. The van der Waals surface area contributed by atoms with Crippen molar-refractivity contribution in [3.63, 3.8) is 0 Å². The van der Waals surface area contributed by atoms with Crippen LogP contribution in [-0.2, 0) is 11.3 Å². The van der Waals surface area contributed by atoms with Crippen LogP contribution in [-0.4, -0.2) is 51.8 Å². The van der Waals surface area contributed by atoms with E-state index in [0.717, 1.165) is 45.5 Å². The topological polar surface area (TPSA) is 60.4 Å². The molecule has 0 aromatic carbocycles. The molecule has 2 saturated heterocycles. The van der Waals surface area contributed by atoms with Crippen molar-refractivity contribution in [2.24, 2.45) is 5.92 Å². The van der Waals surface area contributed by atoms with Crippen LogP contribution in [0.25, 0.3) is 0 Å². The fourth-order valence-electron chi connectivity index (χ4n) is 3.91. The fourth-order valence-corrected chi connectivity index (χ4v) is 3.91. The van der Waals surface area contributed by atoms with Crippen molar-refractivity contribution >= 4 is 0 Å². The summed E-state index contributed by atoms with van der Waals surface area (Å²) in [5, 5.41) is 0. The van der Waals surface area contributed by atoms with Crippen LogP contribution in [0.2, 0.25) is 0 Å². The Labute approximate surface area is 148 Å². The summed E-state index contributed by atoms with van der Waals surface area (Å²) < 4.78 is 11.8. The van der Waals surface area contributed by atoms with E-state index in [4.69, 9.17) is 9.47 Å². The third kappa shape index (κ3) is 4.14. The Morgan fingerprint density at radius 1 is 1.16 bits per heavy atom. The van der Waals surface area contributed by atoms with Crippen molar-refractivity contribution in [3.8, 4) is 5.88 Å². The molecule has 0 aliphatic carbocycles. The maximum Gasteiger partial charge on any atom is 0.232 e. The summed E-state index contributed by atoms with van der Waals surface area (Å²) in [7, 11) is 0. The lowest BCUT2D eigenvalue weighted by atomic mass is 9.79. The third-order valence-electron chi connectivity index (χ3n) is 5.09. The van der Waals surface area contributed by atoms with Crippen LogP contribution in [0.1, 0.15) is 24.8 Å². The number of hydrogen-bond donors (Lipinski definition) is 0. The molecule has 1 unspecified atom stereocenters. The van der Waals surface area contributed by atoms with E-state index in [0.29, 0.717) is 18.4 Å². The maximum absolute atomic E-state index is 6.15. The first kappa shape index (κ1) is 16.4. The molecule has 0 radical (unpaired) electrons. The summed E-state index contributed by atoms with van der Waals surface area (Å²) in [6.45, 7) is 4.58. The first-order valence-electron chi connectivity index (χ1n) is 8.95. The van der Waals surface area contributed by atoms with E-state index >= 15 is 0 Å². The molecule has 0 saturated carbocycles. The molecular formula is C19H24N4O2. The largest absolute Gasteiger partial charge is 0.477 e. The van der Waals surface area contributed by atoms with E-state index in [2.05, 4.69) is 32.0 Å². The lowest BCUT2D eigenvalue weighted by Gasteiger charge is -2.53. The zero-order chi connectivity index (χ0) is 17.0. The highest BCUT2D eigenvalue weighted by atomic mass is 16.5. The van der Waals surface area contributed by atoms with Gasteiger partial charge in [-0.1, -0.05) is 0 Å². The first-order chi connectivity index (χ1) is 12.3. The number of hydrogen-bond acceptors (Lipinski definition) is 6. The first-order valence-corrected chi connectivity index (χ1v) is 8.95. The Hall–Kier alpha value is -2.05. The molecule has 2 fully saturated rings. The van der Waals surface area contributed by atoms with Crippen LogP contribution < -0.4 is 4.74 Å². The van der Waals surface area contributed by atoms with Gasteiger partial charge in [0, 0.05) is 51.0 Å². The van der Waals surface area contributed by atoms with Crippen LogP contribution in [0.5, 0.6) is 5.88 Å². The quantitative estimate of drug-likeness (QED) is 0.804. The molecule has 132 valence electrons. The van der Waals surface area contributed by atoms with Gasteiger partial charge >= 0.3 is 0 Å².